The number of amides is 1. The first-order valence-electron chi connectivity index (χ1n) is 10.1. The Bertz CT molecular complexity index is 1050. The molecule has 0 aliphatic carbocycles. The molecule has 29 heavy (non-hydrogen) atoms. The second kappa shape index (κ2) is 6.82. The lowest BCUT2D eigenvalue weighted by Gasteiger charge is -2.35. The van der Waals surface area contributed by atoms with Crippen LogP contribution in [0.4, 0.5) is 5.82 Å². The minimum atomic E-state index is -0.0585. The molecule has 0 spiro atoms. The molecule has 152 valence electrons. The summed E-state index contributed by atoms with van der Waals surface area (Å²) in [5.41, 5.74) is 3.03. The zero-order chi connectivity index (χ0) is 20.1. The molecule has 3 aromatic rings. The number of hydrogen-bond donors (Lipinski definition) is 0. The summed E-state index contributed by atoms with van der Waals surface area (Å²) < 4.78 is 11.0. The van der Waals surface area contributed by atoms with E-state index in [9.17, 15) is 4.79 Å². The topological polar surface area (TPSA) is 101 Å². The van der Waals surface area contributed by atoms with Crippen molar-refractivity contribution in [2.75, 3.05) is 18.0 Å². The van der Waals surface area contributed by atoms with Crippen molar-refractivity contribution in [3.8, 4) is 0 Å². The minimum absolute atomic E-state index is 0.0585. The van der Waals surface area contributed by atoms with Crippen molar-refractivity contribution in [2.45, 2.75) is 52.6 Å². The summed E-state index contributed by atoms with van der Waals surface area (Å²) in [5, 5.41) is 4.04. The predicted molar refractivity (Wildman–Crippen MR) is 104 cm³/mol. The summed E-state index contributed by atoms with van der Waals surface area (Å²) >= 11 is 0. The summed E-state index contributed by atoms with van der Waals surface area (Å²) in [6, 6.07) is 0.109. The maximum atomic E-state index is 13.2. The average Bonchev–Trinajstić information content (AvgIpc) is 3.16. The maximum Gasteiger partial charge on any atom is 0.252 e. The molecule has 3 aliphatic heterocycles. The third-order valence-corrected chi connectivity index (χ3v) is 6.13. The summed E-state index contributed by atoms with van der Waals surface area (Å²) in [5.74, 6) is 2.32. The van der Waals surface area contributed by atoms with Crippen LogP contribution in [-0.2, 0) is 17.8 Å². The Morgan fingerprint density at radius 2 is 2.07 bits per heavy atom. The van der Waals surface area contributed by atoms with Crippen LogP contribution in [0.2, 0.25) is 0 Å². The van der Waals surface area contributed by atoms with Gasteiger partial charge in [0.15, 0.2) is 17.2 Å². The first kappa shape index (κ1) is 18.1. The van der Waals surface area contributed by atoms with Crippen LogP contribution in [0.25, 0.3) is 11.2 Å². The second-order valence-corrected chi connectivity index (χ2v) is 7.91. The van der Waals surface area contributed by atoms with Gasteiger partial charge < -0.3 is 18.7 Å². The second-order valence-electron chi connectivity index (χ2n) is 7.91. The molecule has 3 aliphatic rings. The molecule has 0 aromatic carbocycles. The van der Waals surface area contributed by atoms with E-state index in [1.54, 1.807) is 0 Å². The van der Waals surface area contributed by atoms with Crippen molar-refractivity contribution in [1.82, 2.24) is 25.0 Å². The summed E-state index contributed by atoms with van der Waals surface area (Å²) in [6.45, 7) is 7.70. The summed E-state index contributed by atoms with van der Waals surface area (Å²) in [7, 11) is 0. The van der Waals surface area contributed by atoms with Crippen LogP contribution in [-0.4, -0.2) is 50.0 Å². The van der Waals surface area contributed by atoms with Gasteiger partial charge in [-0.25, -0.2) is 9.97 Å². The van der Waals surface area contributed by atoms with Crippen molar-refractivity contribution < 1.29 is 13.7 Å². The first-order valence-corrected chi connectivity index (χ1v) is 10.1. The summed E-state index contributed by atoms with van der Waals surface area (Å²) in [4.78, 5) is 30.7. The van der Waals surface area contributed by atoms with E-state index in [1.807, 2.05) is 25.7 Å². The van der Waals surface area contributed by atoms with Crippen molar-refractivity contribution in [3.05, 3.63) is 29.2 Å². The smallest absolute Gasteiger partial charge is 0.252 e. The van der Waals surface area contributed by atoms with Gasteiger partial charge in [-0.05, 0) is 26.7 Å². The normalized spacial score (nSPS) is 22.0. The number of carbonyl (C=O) groups is 1. The number of hydrogen-bond acceptors (Lipinski definition) is 8. The first-order chi connectivity index (χ1) is 14.0. The highest BCUT2D eigenvalue weighted by Gasteiger charge is 2.42. The van der Waals surface area contributed by atoms with E-state index in [0.717, 1.165) is 35.7 Å². The van der Waals surface area contributed by atoms with Gasteiger partial charge in [-0.2, -0.15) is 4.98 Å². The molecular weight excluding hydrogens is 372 g/mol. The number of aryl methyl sites for hydroxylation is 3. The van der Waals surface area contributed by atoms with Crippen LogP contribution >= 0.6 is 0 Å². The lowest BCUT2D eigenvalue weighted by atomic mass is 9.93. The van der Waals surface area contributed by atoms with E-state index >= 15 is 0 Å². The molecule has 6 heterocycles. The highest BCUT2D eigenvalue weighted by molar-refractivity contribution is 5.85. The largest absolute Gasteiger partial charge is 0.422 e. The molecule has 0 saturated carbocycles. The van der Waals surface area contributed by atoms with Crippen LogP contribution in [0.15, 0.2) is 15.3 Å². The molecule has 6 rings (SSSR count). The van der Waals surface area contributed by atoms with Gasteiger partial charge in [0.05, 0.1) is 18.2 Å². The van der Waals surface area contributed by atoms with Crippen LogP contribution < -0.4 is 4.90 Å². The molecule has 0 N–H and O–H groups in total. The SMILES string of the molecule is CCc1nc2c(N3C[C@H]4CC[C@@H](C3)N(Cc3c(C)noc3C)C4=O)ncnc2o1. The van der Waals surface area contributed by atoms with Gasteiger partial charge in [-0.15, -0.1) is 0 Å². The van der Waals surface area contributed by atoms with E-state index in [-0.39, 0.29) is 17.9 Å². The molecule has 9 heteroatoms. The van der Waals surface area contributed by atoms with E-state index in [2.05, 4.69) is 25.0 Å². The molecule has 1 amide bonds. The van der Waals surface area contributed by atoms with Crippen LogP contribution in [0.5, 0.6) is 0 Å². The van der Waals surface area contributed by atoms with Crippen LogP contribution in [0, 0.1) is 19.8 Å². The minimum Gasteiger partial charge on any atom is -0.422 e. The van der Waals surface area contributed by atoms with Gasteiger partial charge in [0.2, 0.25) is 5.91 Å². The van der Waals surface area contributed by atoms with E-state index in [4.69, 9.17) is 8.94 Å². The molecule has 2 atom stereocenters. The Hall–Kier alpha value is -2.97. The molecule has 9 nitrogen and oxygen atoms in total. The van der Waals surface area contributed by atoms with E-state index < -0.39 is 0 Å². The highest BCUT2D eigenvalue weighted by atomic mass is 16.5. The number of oxazole rings is 1. The van der Waals surface area contributed by atoms with Crippen molar-refractivity contribution >= 4 is 23.0 Å². The van der Waals surface area contributed by atoms with Gasteiger partial charge in [0, 0.05) is 31.1 Å². The molecule has 2 bridgehead atoms. The fourth-order valence-corrected chi connectivity index (χ4v) is 4.49. The van der Waals surface area contributed by atoms with E-state index in [1.165, 1.54) is 6.33 Å². The van der Waals surface area contributed by atoms with Crippen molar-refractivity contribution in [1.29, 1.82) is 0 Å². The fourth-order valence-electron chi connectivity index (χ4n) is 4.49. The molecule has 3 saturated heterocycles. The predicted octanol–water partition coefficient (Wildman–Crippen LogP) is 2.41. The zero-order valence-electron chi connectivity index (χ0n) is 16.9. The van der Waals surface area contributed by atoms with Gasteiger partial charge in [0.25, 0.3) is 5.71 Å². The monoisotopic (exact) mass is 396 g/mol. The number of carbonyl (C=O) groups excluding carboxylic acids is 1. The zero-order valence-corrected chi connectivity index (χ0v) is 16.9. The molecule has 0 unspecified atom stereocenters. The van der Waals surface area contributed by atoms with Crippen LogP contribution in [0.1, 0.15) is 42.7 Å². The maximum absolute atomic E-state index is 13.2. The van der Waals surface area contributed by atoms with Crippen LogP contribution in [0.3, 0.4) is 0 Å². The third-order valence-electron chi connectivity index (χ3n) is 6.13. The van der Waals surface area contributed by atoms with Gasteiger partial charge in [-0.3, -0.25) is 4.79 Å². The quantitative estimate of drug-likeness (QED) is 0.663. The molecule has 0 radical (unpaired) electrons. The number of rotatable bonds is 4. The Balaban J connectivity index is 1.48. The Morgan fingerprint density at radius 1 is 1.21 bits per heavy atom. The number of piperidine rings is 1. The standard InChI is InChI=1S/C20H24N6O3/c1-4-16-23-17-18(21-10-22-19(17)28-16)25-7-13-5-6-14(8-25)26(20(13)27)9-15-11(2)24-29-12(15)3/h10,13-14H,4-9H2,1-3H3/t13-,14+/m1/s1. The van der Waals surface area contributed by atoms with Gasteiger partial charge in [-0.1, -0.05) is 12.1 Å². The van der Waals surface area contributed by atoms with Gasteiger partial charge in [0.1, 0.15) is 12.1 Å². The lowest BCUT2D eigenvalue weighted by Crippen LogP contribution is -2.47. The molecule has 3 fully saturated rings. The lowest BCUT2D eigenvalue weighted by molar-refractivity contribution is -0.140. The highest BCUT2D eigenvalue weighted by Crippen LogP contribution is 2.34. The fraction of sp³-hybridized carbons (Fsp3) is 0.550. The molecule has 3 aromatic heterocycles. The van der Waals surface area contributed by atoms with E-state index in [0.29, 0.717) is 43.2 Å². The average molecular weight is 396 g/mol. The number of fused-ring (bicyclic) bond motifs is 5. The van der Waals surface area contributed by atoms with Crippen molar-refractivity contribution in [2.24, 2.45) is 5.92 Å². The Labute approximate surface area is 168 Å². The molecular formula is C20H24N6O3. The summed E-state index contributed by atoms with van der Waals surface area (Å²) in [6.07, 6.45) is 4.08. The third kappa shape index (κ3) is 2.95. The number of anilines is 1. The van der Waals surface area contributed by atoms with Gasteiger partial charge >= 0.3 is 0 Å². The number of nitrogens with zero attached hydrogens (tertiary/aromatic N) is 6. The Morgan fingerprint density at radius 3 is 2.83 bits per heavy atom. The Kier molecular flexibility index (Phi) is 4.25. The number of aromatic nitrogens is 4. The van der Waals surface area contributed by atoms with Crippen molar-refractivity contribution in [3.63, 3.8) is 0 Å².